The van der Waals surface area contributed by atoms with Crippen molar-refractivity contribution >= 4 is 11.6 Å². The van der Waals surface area contributed by atoms with E-state index in [1.54, 1.807) is 4.90 Å². The Bertz CT molecular complexity index is 454. The van der Waals surface area contributed by atoms with Gasteiger partial charge in [-0.3, -0.25) is 4.79 Å². The molecule has 0 saturated carbocycles. The zero-order valence-electron chi connectivity index (χ0n) is 11.7. The number of carbonyl (C=O) groups excluding carboxylic acids is 1. The molecule has 1 aliphatic heterocycles. The lowest BCUT2D eigenvalue weighted by molar-refractivity contribution is -0.117. The van der Waals surface area contributed by atoms with Gasteiger partial charge in [0.05, 0.1) is 6.42 Å². The van der Waals surface area contributed by atoms with Gasteiger partial charge in [0.1, 0.15) is 0 Å². The molecule has 0 aliphatic carbocycles. The van der Waals surface area contributed by atoms with Gasteiger partial charge in [0.25, 0.3) is 0 Å². The van der Waals surface area contributed by atoms with Crippen LogP contribution in [0.5, 0.6) is 0 Å². The van der Waals surface area contributed by atoms with Crippen molar-refractivity contribution < 1.29 is 4.79 Å². The summed E-state index contributed by atoms with van der Waals surface area (Å²) in [6.07, 6.45) is 1.60. The van der Waals surface area contributed by atoms with Crippen molar-refractivity contribution in [1.82, 2.24) is 4.90 Å². The van der Waals surface area contributed by atoms with Gasteiger partial charge >= 0.3 is 0 Å². The summed E-state index contributed by atoms with van der Waals surface area (Å²) in [6, 6.07) is 6.98. The van der Waals surface area contributed by atoms with Crippen molar-refractivity contribution in [2.75, 3.05) is 25.5 Å². The third-order valence-electron chi connectivity index (χ3n) is 3.86. The second-order valence-electron chi connectivity index (χ2n) is 5.42. The number of benzene rings is 1. The molecule has 0 atom stereocenters. The van der Waals surface area contributed by atoms with E-state index in [9.17, 15) is 4.79 Å². The molecule has 0 fully saturated rings. The van der Waals surface area contributed by atoms with Crippen LogP contribution in [0.4, 0.5) is 5.69 Å². The maximum Gasteiger partial charge on any atom is 0.231 e. The minimum absolute atomic E-state index is 0.196. The van der Waals surface area contributed by atoms with Gasteiger partial charge in [0.2, 0.25) is 5.91 Å². The summed E-state index contributed by atoms with van der Waals surface area (Å²) in [5.41, 5.74) is 3.57. The largest absolute Gasteiger partial charge is 0.315 e. The Hall–Kier alpha value is -1.35. The van der Waals surface area contributed by atoms with Gasteiger partial charge in [-0.05, 0) is 44.5 Å². The van der Waals surface area contributed by atoms with Crippen molar-refractivity contribution in [3.8, 4) is 0 Å². The van der Waals surface area contributed by atoms with E-state index in [2.05, 4.69) is 44.0 Å². The molecule has 0 saturated heterocycles. The fourth-order valence-corrected chi connectivity index (χ4v) is 2.24. The van der Waals surface area contributed by atoms with Crippen LogP contribution in [-0.2, 0) is 17.6 Å². The summed E-state index contributed by atoms with van der Waals surface area (Å²) in [6.45, 7) is 5.47. The Labute approximate surface area is 109 Å². The molecule has 0 aromatic heterocycles. The monoisotopic (exact) mass is 246 g/mol. The second-order valence-corrected chi connectivity index (χ2v) is 5.42. The standard InChI is InChI=1S/C15H22N2O/c1-11(2)16(3)8-7-12-5-6-14-13(9-12)10-15(18)17(14)4/h5-6,9,11H,7-8,10H2,1-4H3. The molecule has 18 heavy (non-hydrogen) atoms. The molecule has 1 aromatic rings. The number of amides is 1. The highest BCUT2D eigenvalue weighted by molar-refractivity contribution is 6.00. The first-order chi connectivity index (χ1) is 8.49. The fraction of sp³-hybridized carbons (Fsp3) is 0.533. The summed E-state index contributed by atoms with van der Waals surface area (Å²) in [5.74, 6) is 0.196. The number of likely N-dealkylation sites (N-methyl/N-ethyl adjacent to an activating group) is 2. The van der Waals surface area contributed by atoms with Crippen LogP contribution in [0.2, 0.25) is 0 Å². The minimum Gasteiger partial charge on any atom is -0.315 e. The predicted octanol–water partition coefficient (Wildman–Crippen LogP) is 2.09. The fourth-order valence-electron chi connectivity index (χ4n) is 2.24. The highest BCUT2D eigenvalue weighted by atomic mass is 16.2. The Morgan fingerprint density at radius 2 is 2.11 bits per heavy atom. The van der Waals surface area contributed by atoms with Gasteiger partial charge in [-0.25, -0.2) is 0 Å². The molecule has 3 heteroatoms. The lowest BCUT2D eigenvalue weighted by atomic mass is 10.1. The van der Waals surface area contributed by atoms with Crippen LogP contribution in [0, 0.1) is 0 Å². The minimum atomic E-state index is 0.196. The van der Waals surface area contributed by atoms with Crippen molar-refractivity contribution in [2.24, 2.45) is 0 Å². The first-order valence-electron chi connectivity index (χ1n) is 6.57. The molecule has 0 radical (unpaired) electrons. The maximum absolute atomic E-state index is 11.6. The van der Waals surface area contributed by atoms with Gasteiger partial charge in [0.15, 0.2) is 0 Å². The zero-order valence-corrected chi connectivity index (χ0v) is 11.7. The van der Waals surface area contributed by atoms with E-state index in [1.807, 2.05) is 7.05 Å². The quantitative estimate of drug-likeness (QED) is 0.812. The van der Waals surface area contributed by atoms with E-state index in [1.165, 1.54) is 11.1 Å². The smallest absolute Gasteiger partial charge is 0.231 e. The van der Waals surface area contributed by atoms with Gasteiger partial charge < -0.3 is 9.80 Å². The third-order valence-corrected chi connectivity index (χ3v) is 3.86. The Morgan fingerprint density at radius 1 is 1.39 bits per heavy atom. The van der Waals surface area contributed by atoms with E-state index >= 15 is 0 Å². The highest BCUT2D eigenvalue weighted by Crippen LogP contribution is 2.28. The zero-order chi connectivity index (χ0) is 13.3. The lowest BCUT2D eigenvalue weighted by Gasteiger charge is -2.21. The first-order valence-corrected chi connectivity index (χ1v) is 6.57. The summed E-state index contributed by atoms with van der Waals surface area (Å²) in [7, 11) is 4.00. The van der Waals surface area contributed by atoms with Crippen LogP contribution in [-0.4, -0.2) is 37.5 Å². The molecular formula is C15H22N2O. The average Bonchev–Trinajstić information content (AvgIpc) is 2.61. The van der Waals surface area contributed by atoms with Gasteiger partial charge in [-0.1, -0.05) is 12.1 Å². The highest BCUT2D eigenvalue weighted by Gasteiger charge is 2.23. The number of nitrogens with zero attached hydrogens (tertiary/aromatic N) is 2. The SMILES string of the molecule is CC(C)N(C)CCc1ccc2c(c1)CC(=O)N2C. The van der Waals surface area contributed by atoms with Crippen LogP contribution < -0.4 is 4.90 Å². The topological polar surface area (TPSA) is 23.6 Å². The molecule has 0 N–H and O–H groups in total. The van der Waals surface area contributed by atoms with Crippen LogP contribution >= 0.6 is 0 Å². The van der Waals surface area contributed by atoms with Gasteiger partial charge in [-0.15, -0.1) is 0 Å². The number of anilines is 1. The number of rotatable bonds is 4. The third kappa shape index (κ3) is 2.56. The number of hydrogen-bond acceptors (Lipinski definition) is 2. The summed E-state index contributed by atoms with van der Waals surface area (Å²) >= 11 is 0. The predicted molar refractivity (Wildman–Crippen MR) is 75.0 cm³/mol. The number of hydrogen-bond donors (Lipinski definition) is 0. The van der Waals surface area contributed by atoms with Crippen molar-refractivity contribution in [1.29, 1.82) is 0 Å². The number of carbonyl (C=O) groups is 1. The van der Waals surface area contributed by atoms with E-state index in [0.717, 1.165) is 18.7 Å². The van der Waals surface area contributed by atoms with Crippen LogP contribution in [0.1, 0.15) is 25.0 Å². The molecule has 1 amide bonds. The molecule has 2 rings (SSSR count). The molecule has 98 valence electrons. The van der Waals surface area contributed by atoms with Crippen molar-refractivity contribution in [2.45, 2.75) is 32.7 Å². The second kappa shape index (κ2) is 5.11. The Kier molecular flexibility index (Phi) is 3.71. The molecule has 0 bridgehead atoms. The normalized spacial score (nSPS) is 14.8. The number of fused-ring (bicyclic) bond motifs is 1. The first kappa shape index (κ1) is 13.1. The van der Waals surface area contributed by atoms with E-state index in [4.69, 9.17) is 0 Å². The van der Waals surface area contributed by atoms with Crippen LogP contribution in [0.25, 0.3) is 0 Å². The Morgan fingerprint density at radius 3 is 2.78 bits per heavy atom. The summed E-state index contributed by atoms with van der Waals surface area (Å²) in [4.78, 5) is 15.7. The molecule has 1 aliphatic rings. The summed E-state index contributed by atoms with van der Waals surface area (Å²) in [5, 5.41) is 0. The Balaban J connectivity index is 2.05. The average molecular weight is 246 g/mol. The molecule has 0 unspecified atom stereocenters. The van der Waals surface area contributed by atoms with E-state index in [0.29, 0.717) is 12.5 Å². The molecule has 0 spiro atoms. The van der Waals surface area contributed by atoms with E-state index in [-0.39, 0.29) is 5.91 Å². The summed E-state index contributed by atoms with van der Waals surface area (Å²) < 4.78 is 0. The van der Waals surface area contributed by atoms with Gasteiger partial charge in [-0.2, -0.15) is 0 Å². The molecule has 3 nitrogen and oxygen atoms in total. The van der Waals surface area contributed by atoms with Crippen LogP contribution in [0.15, 0.2) is 18.2 Å². The lowest BCUT2D eigenvalue weighted by Crippen LogP contribution is -2.28. The molecular weight excluding hydrogens is 224 g/mol. The molecule has 1 aromatic carbocycles. The van der Waals surface area contributed by atoms with Gasteiger partial charge in [0, 0.05) is 25.3 Å². The molecule has 1 heterocycles. The van der Waals surface area contributed by atoms with Crippen molar-refractivity contribution in [3.63, 3.8) is 0 Å². The van der Waals surface area contributed by atoms with Crippen LogP contribution in [0.3, 0.4) is 0 Å². The maximum atomic E-state index is 11.6. The van der Waals surface area contributed by atoms with Crippen molar-refractivity contribution in [3.05, 3.63) is 29.3 Å². The van der Waals surface area contributed by atoms with E-state index < -0.39 is 0 Å².